The van der Waals surface area contributed by atoms with Crippen molar-refractivity contribution in [2.24, 2.45) is 0 Å². The minimum atomic E-state index is -4.37. The lowest BCUT2D eigenvalue weighted by atomic mass is 10.1. The first-order valence-corrected chi connectivity index (χ1v) is 6.45. The van der Waals surface area contributed by atoms with E-state index in [9.17, 15) is 18.0 Å². The molecule has 8 heteroatoms. The number of halogens is 3. The zero-order valence-electron chi connectivity index (χ0n) is 11.5. The van der Waals surface area contributed by atoms with Crippen LogP contribution in [0.15, 0.2) is 30.5 Å². The van der Waals surface area contributed by atoms with Crippen molar-refractivity contribution in [3.8, 4) is 0 Å². The van der Waals surface area contributed by atoms with Crippen molar-refractivity contribution in [1.29, 1.82) is 0 Å². The van der Waals surface area contributed by atoms with Gasteiger partial charge in [-0.15, -0.1) is 0 Å². The van der Waals surface area contributed by atoms with Gasteiger partial charge in [-0.25, -0.2) is 4.68 Å². The highest BCUT2D eigenvalue weighted by Gasteiger charge is 2.29. The number of anilines is 1. The van der Waals surface area contributed by atoms with Crippen LogP contribution in [-0.2, 0) is 23.9 Å². The largest absolute Gasteiger partial charge is 0.481 e. The lowest BCUT2D eigenvalue weighted by Crippen LogP contribution is -2.08. The molecular weight excluding hydrogens is 299 g/mol. The monoisotopic (exact) mass is 313 g/mol. The van der Waals surface area contributed by atoms with Crippen LogP contribution in [-0.4, -0.2) is 20.9 Å². The Bertz CT molecular complexity index is 663. The predicted octanol–water partition coefficient (Wildman–Crippen LogP) is 2.55. The lowest BCUT2D eigenvalue weighted by Gasteiger charge is -2.09. The fourth-order valence-electron chi connectivity index (χ4n) is 1.97. The van der Waals surface area contributed by atoms with Gasteiger partial charge in [-0.05, 0) is 24.1 Å². The van der Waals surface area contributed by atoms with Crippen LogP contribution in [0.25, 0.3) is 0 Å². The second-order valence-electron chi connectivity index (χ2n) is 4.80. The van der Waals surface area contributed by atoms with Crippen molar-refractivity contribution in [3.05, 3.63) is 47.2 Å². The molecule has 0 aliphatic carbocycles. The SMILES string of the molecule is Nc1c(CCC(=O)O)cnn1Cc1ccc(C(F)(F)F)cc1. The summed E-state index contributed by atoms with van der Waals surface area (Å²) < 4.78 is 38.9. The van der Waals surface area contributed by atoms with E-state index in [1.54, 1.807) is 0 Å². The fraction of sp³-hybridized carbons (Fsp3) is 0.286. The van der Waals surface area contributed by atoms with Crippen molar-refractivity contribution in [3.63, 3.8) is 0 Å². The number of hydrogen-bond acceptors (Lipinski definition) is 3. The van der Waals surface area contributed by atoms with Crippen molar-refractivity contribution < 1.29 is 23.1 Å². The second-order valence-corrected chi connectivity index (χ2v) is 4.80. The van der Waals surface area contributed by atoms with E-state index in [-0.39, 0.29) is 19.4 Å². The van der Waals surface area contributed by atoms with Crippen molar-refractivity contribution in [1.82, 2.24) is 9.78 Å². The molecule has 0 radical (unpaired) electrons. The van der Waals surface area contributed by atoms with Crippen molar-refractivity contribution in [2.75, 3.05) is 5.73 Å². The van der Waals surface area contributed by atoms with Gasteiger partial charge < -0.3 is 10.8 Å². The molecule has 3 N–H and O–H groups in total. The van der Waals surface area contributed by atoms with Crippen LogP contribution in [0.5, 0.6) is 0 Å². The second kappa shape index (κ2) is 6.08. The highest BCUT2D eigenvalue weighted by Crippen LogP contribution is 2.29. The number of hydrogen-bond donors (Lipinski definition) is 2. The molecule has 0 unspecified atom stereocenters. The fourth-order valence-corrected chi connectivity index (χ4v) is 1.97. The number of carbonyl (C=O) groups is 1. The number of carboxylic acid groups (broad SMARTS) is 1. The van der Waals surface area contributed by atoms with E-state index in [4.69, 9.17) is 10.8 Å². The Hall–Kier alpha value is -2.51. The lowest BCUT2D eigenvalue weighted by molar-refractivity contribution is -0.138. The van der Waals surface area contributed by atoms with Crippen LogP contribution < -0.4 is 5.73 Å². The highest BCUT2D eigenvalue weighted by atomic mass is 19.4. The van der Waals surface area contributed by atoms with Gasteiger partial charge in [0.25, 0.3) is 0 Å². The number of rotatable bonds is 5. The van der Waals surface area contributed by atoms with Crippen LogP contribution in [0.1, 0.15) is 23.1 Å². The molecule has 5 nitrogen and oxygen atoms in total. The summed E-state index contributed by atoms with van der Waals surface area (Å²) in [5, 5.41) is 12.7. The van der Waals surface area contributed by atoms with E-state index in [0.717, 1.165) is 12.1 Å². The van der Waals surface area contributed by atoms with Gasteiger partial charge in [0.05, 0.1) is 18.3 Å². The molecule has 2 rings (SSSR count). The molecule has 1 heterocycles. The topological polar surface area (TPSA) is 81.1 Å². The van der Waals surface area contributed by atoms with E-state index in [1.165, 1.54) is 23.0 Å². The van der Waals surface area contributed by atoms with Gasteiger partial charge in [0, 0.05) is 12.0 Å². The normalized spacial score (nSPS) is 11.6. The maximum Gasteiger partial charge on any atom is 0.416 e. The number of aliphatic carboxylic acids is 1. The minimum Gasteiger partial charge on any atom is -0.481 e. The Balaban J connectivity index is 2.09. The average Bonchev–Trinajstić information content (AvgIpc) is 2.77. The molecule has 0 bridgehead atoms. The molecule has 0 aliphatic heterocycles. The van der Waals surface area contributed by atoms with E-state index in [0.29, 0.717) is 16.9 Å². The molecule has 0 aliphatic rings. The zero-order chi connectivity index (χ0) is 16.3. The molecule has 1 aromatic heterocycles. The van der Waals surface area contributed by atoms with Crippen LogP contribution in [0.3, 0.4) is 0 Å². The molecule has 0 spiro atoms. The van der Waals surface area contributed by atoms with Crippen LogP contribution in [0.2, 0.25) is 0 Å². The van der Waals surface area contributed by atoms with E-state index < -0.39 is 17.7 Å². The molecule has 0 amide bonds. The summed E-state index contributed by atoms with van der Waals surface area (Å²) in [4.78, 5) is 10.5. The van der Waals surface area contributed by atoms with Gasteiger partial charge in [0.1, 0.15) is 5.82 Å². The molecule has 1 aromatic carbocycles. The average molecular weight is 313 g/mol. The van der Waals surface area contributed by atoms with E-state index >= 15 is 0 Å². The summed E-state index contributed by atoms with van der Waals surface area (Å²) in [6.07, 6.45) is -2.69. The summed E-state index contributed by atoms with van der Waals surface area (Å²) in [5.74, 6) is -0.615. The summed E-state index contributed by atoms with van der Waals surface area (Å²) in [7, 11) is 0. The number of aryl methyl sites for hydroxylation is 1. The Morgan fingerprint density at radius 3 is 2.45 bits per heavy atom. The first-order valence-electron chi connectivity index (χ1n) is 6.45. The minimum absolute atomic E-state index is 0.0594. The summed E-state index contributed by atoms with van der Waals surface area (Å²) >= 11 is 0. The van der Waals surface area contributed by atoms with Gasteiger partial charge in [-0.2, -0.15) is 18.3 Å². The smallest absolute Gasteiger partial charge is 0.416 e. The first kappa shape index (κ1) is 15.9. The summed E-state index contributed by atoms with van der Waals surface area (Å²) in [6, 6.07) is 4.72. The van der Waals surface area contributed by atoms with E-state index in [2.05, 4.69) is 5.10 Å². The molecular formula is C14H14F3N3O2. The molecule has 0 atom stereocenters. The zero-order valence-corrected chi connectivity index (χ0v) is 11.5. The number of carboxylic acids is 1. The van der Waals surface area contributed by atoms with Gasteiger partial charge in [-0.3, -0.25) is 4.79 Å². The number of nitrogens with two attached hydrogens (primary N) is 1. The quantitative estimate of drug-likeness (QED) is 0.889. The molecule has 0 fully saturated rings. The van der Waals surface area contributed by atoms with Crippen molar-refractivity contribution in [2.45, 2.75) is 25.6 Å². The maximum absolute atomic E-state index is 12.5. The van der Waals surface area contributed by atoms with Crippen LogP contribution in [0.4, 0.5) is 19.0 Å². The van der Waals surface area contributed by atoms with Gasteiger partial charge in [-0.1, -0.05) is 12.1 Å². The third kappa shape index (κ3) is 3.78. The third-order valence-corrected chi connectivity index (χ3v) is 3.18. The number of nitrogens with zero attached hydrogens (tertiary/aromatic N) is 2. The predicted molar refractivity (Wildman–Crippen MR) is 73.1 cm³/mol. The first-order chi connectivity index (χ1) is 10.3. The van der Waals surface area contributed by atoms with Crippen LogP contribution >= 0.6 is 0 Å². The maximum atomic E-state index is 12.5. The number of aromatic nitrogens is 2. The Morgan fingerprint density at radius 2 is 1.91 bits per heavy atom. The summed E-state index contributed by atoms with van der Waals surface area (Å²) in [5.41, 5.74) is 6.37. The third-order valence-electron chi connectivity index (χ3n) is 3.18. The molecule has 118 valence electrons. The van der Waals surface area contributed by atoms with Gasteiger partial charge in [0.15, 0.2) is 0 Å². The number of nitrogen functional groups attached to an aromatic ring is 1. The molecule has 0 saturated heterocycles. The Labute approximate surface area is 124 Å². The summed E-state index contributed by atoms with van der Waals surface area (Å²) in [6.45, 7) is 0.219. The van der Waals surface area contributed by atoms with Gasteiger partial charge in [0.2, 0.25) is 0 Å². The number of benzene rings is 1. The van der Waals surface area contributed by atoms with Gasteiger partial charge >= 0.3 is 12.1 Å². The molecule has 22 heavy (non-hydrogen) atoms. The number of alkyl halides is 3. The van der Waals surface area contributed by atoms with Crippen LogP contribution in [0, 0.1) is 0 Å². The Morgan fingerprint density at radius 1 is 1.27 bits per heavy atom. The van der Waals surface area contributed by atoms with E-state index in [1.807, 2.05) is 0 Å². The molecule has 2 aromatic rings. The molecule has 0 saturated carbocycles. The van der Waals surface area contributed by atoms with Crippen molar-refractivity contribution >= 4 is 11.8 Å². The Kier molecular flexibility index (Phi) is 4.39. The standard InChI is InChI=1S/C14H14F3N3O2/c15-14(16,17)11-4-1-9(2-5-11)8-20-13(18)10(7-19-20)3-6-12(21)22/h1-2,4-5,7H,3,6,8,18H2,(H,21,22). The highest BCUT2D eigenvalue weighted by molar-refractivity contribution is 5.67.